The van der Waals surface area contributed by atoms with Crippen LogP contribution in [-0.2, 0) is 9.59 Å². The van der Waals surface area contributed by atoms with E-state index in [1.807, 2.05) is 45.0 Å². The van der Waals surface area contributed by atoms with Crippen LogP contribution in [0.3, 0.4) is 0 Å². The van der Waals surface area contributed by atoms with Crippen LogP contribution in [0.2, 0.25) is 0 Å². The predicted octanol–water partition coefficient (Wildman–Crippen LogP) is 4.18. The fourth-order valence-corrected chi connectivity index (χ4v) is 3.43. The van der Waals surface area contributed by atoms with E-state index in [0.29, 0.717) is 24.3 Å². The average molecular weight is 428 g/mol. The zero-order valence-corrected chi connectivity index (χ0v) is 18.7. The standard InChI is InChI=1S/C23H29N3O3S/c1-5-26(6-2)23(29)18-9-13-20(14-10-18)25-22(28)17(4)30-15-21(27)24-19-11-7-16(3)8-12-19/h7-14,17H,5-6,15H2,1-4H3,(H,24,27)(H,25,28)/t17-/m1/s1. The Hall–Kier alpha value is -2.80. The minimum Gasteiger partial charge on any atom is -0.339 e. The molecule has 2 aromatic carbocycles. The summed E-state index contributed by atoms with van der Waals surface area (Å²) in [5.74, 6) is -0.185. The van der Waals surface area contributed by atoms with Crippen LogP contribution in [0.4, 0.5) is 11.4 Å². The summed E-state index contributed by atoms with van der Waals surface area (Å²) in [6.45, 7) is 8.93. The number of rotatable bonds is 9. The first-order valence-electron chi connectivity index (χ1n) is 10.0. The maximum absolute atomic E-state index is 12.4. The molecule has 1 atom stereocenters. The van der Waals surface area contributed by atoms with E-state index in [9.17, 15) is 14.4 Å². The van der Waals surface area contributed by atoms with Gasteiger partial charge in [0.1, 0.15) is 0 Å². The number of amides is 3. The summed E-state index contributed by atoms with van der Waals surface area (Å²) in [6, 6.07) is 14.4. The lowest BCUT2D eigenvalue weighted by Gasteiger charge is -2.18. The molecule has 0 unspecified atom stereocenters. The zero-order chi connectivity index (χ0) is 22.1. The van der Waals surface area contributed by atoms with Gasteiger partial charge in [-0.25, -0.2) is 0 Å². The molecule has 0 aliphatic carbocycles. The van der Waals surface area contributed by atoms with Gasteiger partial charge in [-0.2, -0.15) is 0 Å². The van der Waals surface area contributed by atoms with E-state index in [0.717, 1.165) is 11.3 Å². The van der Waals surface area contributed by atoms with Crippen molar-refractivity contribution < 1.29 is 14.4 Å². The minimum atomic E-state index is -0.397. The van der Waals surface area contributed by atoms with Crippen LogP contribution in [-0.4, -0.2) is 46.7 Å². The third-order valence-corrected chi connectivity index (χ3v) is 5.76. The van der Waals surface area contributed by atoms with Crippen molar-refractivity contribution in [1.82, 2.24) is 4.90 Å². The van der Waals surface area contributed by atoms with Crippen LogP contribution in [0.15, 0.2) is 48.5 Å². The summed E-state index contributed by atoms with van der Waals surface area (Å²) < 4.78 is 0. The molecule has 0 spiro atoms. The Kier molecular flexibility index (Phi) is 8.92. The van der Waals surface area contributed by atoms with E-state index < -0.39 is 5.25 Å². The van der Waals surface area contributed by atoms with Gasteiger partial charge < -0.3 is 15.5 Å². The summed E-state index contributed by atoms with van der Waals surface area (Å²) in [7, 11) is 0. The SMILES string of the molecule is CCN(CC)C(=O)c1ccc(NC(=O)[C@@H](C)SCC(=O)Nc2ccc(C)cc2)cc1. The van der Waals surface area contributed by atoms with E-state index in [1.54, 1.807) is 36.1 Å². The topological polar surface area (TPSA) is 78.5 Å². The normalized spacial score (nSPS) is 11.5. The third kappa shape index (κ3) is 6.91. The molecule has 30 heavy (non-hydrogen) atoms. The molecule has 0 aromatic heterocycles. The molecule has 0 aliphatic rings. The maximum atomic E-state index is 12.4. The Morgan fingerprint density at radius 3 is 2.00 bits per heavy atom. The second kappa shape index (κ2) is 11.4. The Morgan fingerprint density at radius 1 is 0.900 bits per heavy atom. The Labute approximate surface area is 182 Å². The fraction of sp³-hybridized carbons (Fsp3) is 0.348. The molecule has 0 saturated heterocycles. The molecule has 2 aromatic rings. The van der Waals surface area contributed by atoms with E-state index in [4.69, 9.17) is 0 Å². The smallest absolute Gasteiger partial charge is 0.253 e. The maximum Gasteiger partial charge on any atom is 0.253 e. The summed E-state index contributed by atoms with van der Waals surface area (Å²) in [6.07, 6.45) is 0. The third-order valence-electron chi connectivity index (χ3n) is 4.62. The van der Waals surface area contributed by atoms with Crippen molar-refractivity contribution in [3.05, 3.63) is 59.7 Å². The summed E-state index contributed by atoms with van der Waals surface area (Å²) in [5.41, 5.74) is 3.07. The second-order valence-electron chi connectivity index (χ2n) is 6.91. The summed E-state index contributed by atoms with van der Waals surface area (Å²) in [5, 5.41) is 5.25. The van der Waals surface area contributed by atoms with Crippen LogP contribution >= 0.6 is 11.8 Å². The quantitative estimate of drug-likeness (QED) is 0.629. The van der Waals surface area contributed by atoms with Gasteiger partial charge in [0.05, 0.1) is 11.0 Å². The highest BCUT2D eigenvalue weighted by molar-refractivity contribution is 8.01. The van der Waals surface area contributed by atoms with Gasteiger partial charge in [0.15, 0.2) is 0 Å². The molecule has 7 heteroatoms. The van der Waals surface area contributed by atoms with E-state index in [1.165, 1.54) is 11.8 Å². The number of hydrogen-bond donors (Lipinski definition) is 2. The Balaban J connectivity index is 1.82. The van der Waals surface area contributed by atoms with Crippen molar-refractivity contribution in [3.8, 4) is 0 Å². The van der Waals surface area contributed by atoms with Crippen LogP contribution in [0.1, 0.15) is 36.7 Å². The Morgan fingerprint density at radius 2 is 1.43 bits per heavy atom. The molecule has 160 valence electrons. The van der Waals surface area contributed by atoms with Crippen LogP contribution < -0.4 is 10.6 Å². The molecule has 6 nitrogen and oxygen atoms in total. The number of nitrogens with one attached hydrogen (secondary N) is 2. The molecule has 3 amide bonds. The highest BCUT2D eigenvalue weighted by Gasteiger charge is 2.16. The van der Waals surface area contributed by atoms with Gasteiger partial charge in [0, 0.05) is 30.0 Å². The number of aryl methyl sites for hydroxylation is 1. The van der Waals surface area contributed by atoms with Crippen molar-refractivity contribution in [3.63, 3.8) is 0 Å². The lowest BCUT2D eigenvalue weighted by atomic mass is 10.1. The Bertz CT molecular complexity index is 862. The van der Waals surface area contributed by atoms with Gasteiger partial charge in [-0.3, -0.25) is 14.4 Å². The number of anilines is 2. The van der Waals surface area contributed by atoms with Gasteiger partial charge in [-0.15, -0.1) is 11.8 Å². The van der Waals surface area contributed by atoms with E-state index in [2.05, 4.69) is 10.6 Å². The first-order chi connectivity index (χ1) is 14.3. The van der Waals surface area contributed by atoms with Crippen LogP contribution in [0.25, 0.3) is 0 Å². The molecular weight excluding hydrogens is 398 g/mol. The number of benzene rings is 2. The van der Waals surface area contributed by atoms with Crippen molar-refractivity contribution in [2.24, 2.45) is 0 Å². The minimum absolute atomic E-state index is 0.0265. The number of carbonyl (C=O) groups excluding carboxylic acids is 3. The summed E-state index contributed by atoms with van der Waals surface area (Å²) >= 11 is 1.27. The van der Waals surface area contributed by atoms with Gasteiger partial charge in [-0.05, 0) is 64.1 Å². The first-order valence-corrected chi connectivity index (χ1v) is 11.1. The molecule has 0 saturated carbocycles. The molecule has 0 heterocycles. The first kappa shape index (κ1) is 23.5. The molecule has 0 bridgehead atoms. The van der Waals surface area contributed by atoms with Gasteiger partial charge in [0.2, 0.25) is 11.8 Å². The summed E-state index contributed by atoms with van der Waals surface area (Å²) in [4.78, 5) is 38.6. The number of nitrogens with zero attached hydrogens (tertiary/aromatic N) is 1. The monoisotopic (exact) mass is 427 g/mol. The molecule has 0 fully saturated rings. The lowest BCUT2D eigenvalue weighted by molar-refractivity contribution is -0.115. The predicted molar refractivity (Wildman–Crippen MR) is 124 cm³/mol. The highest BCUT2D eigenvalue weighted by atomic mass is 32.2. The number of thioether (sulfide) groups is 1. The van der Waals surface area contributed by atoms with Crippen molar-refractivity contribution >= 4 is 40.9 Å². The molecule has 2 N–H and O–H groups in total. The molecular formula is C23H29N3O3S. The van der Waals surface area contributed by atoms with Crippen LogP contribution in [0.5, 0.6) is 0 Å². The second-order valence-corrected chi connectivity index (χ2v) is 8.24. The van der Waals surface area contributed by atoms with E-state index >= 15 is 0 Å². The number of carbonyl (C=O) groups is 3. The van der Waals surface area contributed by atoms with Gasteiger partial charge >= 0.3 is 0 Å². The molecule has 0 aliphatic heterocycles. The number of hydrogen-bond acceptors (Lipinski definition) is 4. The fourth-order valence-electron chi connectivity index (χ4n) is 2.74. The van der Waals surface area contributed by atoms with Crippen molar-refractivity contribution in [2.45, 2.75) is 32.9 Å². The van der Waals surface area contributed by atoms with Crippen molar-refractivity contribution in [2.75, 3.05) is 29.5 Å². The van der Waals surface area contributed by atoms with Crippen molar-refractivity contribution in [1.29, 1.82) is 0 Å². The highest BCUT2D eigenvalue weighted by Crippen LogP contribution is 2.17. The van der Waals surface area contributed by atoms with E-state index in [-0.39, 0.29) is 23.5 Å². The zero-order valence-electron chi connectivity index (χ0n) is 17.9. The average Bonchev–Trinajstić information content (AvgIpc) is 2.75. The van der Waals surface area contributed by atoms with Gasteiger partial charge in [-0.1, -0.05) is 17.7 Å². The molecule has 2 rings (SSSR count). The van der Waals surface area contributed by atoms with Gasteiger partial charge in [0.25, 0.3) is 5.91 Å². The molecule has 0 radical (unpaired) electrons. The lowest BCUT2D eigenvalue weighted by Crippen LogP contribution is -2.30. The van der Waals surface area contributed by atoms with Crippen LogP contribution in [0, 0.1) is 6.92 Å². The largest absolute Gasteiger partial charge is 0.339 e.